The second kappa shape index (κ2) is 8.05. The van der Waals surface area contributed by atoms with Gasteiger partial charge in [0.15, 0.2) is 11.6 Å². The van der Waals surface area contributed by atoms with Crippen LogP contribution in [0.25, 0.3) is 0 Å². The Morgan fingerprint density at radius 3 is 2.92 bits per heavy atom. The van der Waals surface area contributed by atoms with Gasteiger partial charge in [-0.05, 0) is 36.6 Å². The van der Waals surface area contributed by atoms with Crippen LogP contribution in [-0.4, -0.2) is 55.2 Å². The maximum Gasteiger partial charge on any atom is 0.317 e. The van der Waals surface area contributed by atoms with Crippen LogP contribution < -0.4 is 10.2 Å². The van der Waals surface area contributed by atoms with E-state index in [-0.39, 0.29) is 6.03 Å². The third-order valence-electron chi connectivity index (χ3n) is 4.61. The highest BCUT2D eigenvalue weighted by Gasteiger charge is 2.24. The van der Waals surface area contributed by atoms with Gasteiger partial charge in [0.25, 0.3) is 0 Å². The number of nitrogens with one attached hydrogen (secondary N) is 1. The first kappa shape index (κ1) is 17.3. The van der Waals surface area contributed by atoms with Crippen LogP contribution in [0, 0.1) is 17.6 Å². The van der Waals surface area contributed by atoms with E-state index in [1.54, 1.807) is 6.07 Å². The lowest BCUT2D eigenvalue weighted by atomic mass is 10.1. The summed E-state index contributed by atoms with van der Waals surface area (Å²) in [5, 5.41) is 3.03. The second-order valence-corrected chi connectivity index (χ2v) is 7.56. The number of benzene rings is 1. The van der Waals surface area contributed by atoms with Crippen LogP contribution in [0.2, 0.25) is 0 Å². The average molecular weight is 355 g/mol. The first-order chi connectivity index (χ1) is 11.6. The summed E-state index contributed by atoms with van der Waals surface area (Å²) >= 11 is 1.89. The van der Waals surface area contributed by atoms with Crippen LogP contribution in [0.5, 0.6) is 0 Å². The number of halogens is 2. The molecule has 0 bridgehead atoms. The van der Waals surface area contributed by atoms with E-state index in [2.05, 4.69) is 5.32 Å². The Hall–Kier alpha value is -1.50. The minimum Gasteiger partial charge on any atom is -0.371 e. The van der Waals surface area contributed by atoms with E-state index in [0.29, 0.717) is 18.2 Å². The first-order valence-electron chi connectivity index (χ1n) is 8.44. The Morgan fingerprint density at radius 2 is 2.08 bits per heavy atom. The molecule has 2 heterocycles. The van der Waals surface area contributed by atoms with Gasteiger partial charge < -0.3 is 15.1 Å². The minimum absolute atomic E-state index is 0.0174. The number of hydrogen-bond donors (Lipinski definition) is 1. The van der Waals surface area contributed by atoms with E-state index in [1.165, 1.54) is 6.07 Å². The molecular formula is C17H23F2N3OS. The fourth-order valence-electron chi connectivity index (χ4n) is 3.21. The Labute approximate surface area is 145 Å². The molecule has 24 heavy (non-hydrogen) atoms. The predicted octanol–water partition coefficient (Wildman–Crippen LogP) is 2.94. The maximum absolute atomic E-state index is 13.4. The van der Waals surface area contributed by atoms with Gasteiger partial charge in [0.1, 0.15) is 0 Å². The van der Waals surface area contributed by atoms with Crippen molar-refractivity contribution in [3.05, 3.63) is 29.8 Å². The van der Waals surface area contributed by atoms with Gasteiger partial charge in [-0.2, -0.15) is 11.8 Å². The van der Waals surface area contributed by atoms with Crippen molar-refractivity contribution in [2.45, 2.75) is 12.8 Å². The lowest BCUT2D eigenvalue weighted by molar-refractivity contribution is 0.200. The molecule has 2 fully saturated rings. The van der Waals surface area contributed by atoms with Crippen LogP contribution in [0.15, 0.2) is 18.2 Å². The largest absolute Gasteiger partial charge is 0.371 e. The number of nitrogens with zero attached hydrogens (tertiary/aromatic N) is 2. The van der Waals surface area contributed by atoms with E-state index in [9.17, 15) is 13.6 Å². The Kier molecular flexibility index (Phi) is 5.81. The van der Waals surface area contributed by atoms with Crippen LogP contribution in [0.1, 0.15) is 12.8 Å². The smallest absolute Gasteiger partial charge is 0.317 e. The zero-order valence-electron chi connectivity index (χ0n) is 13.6. The topological polar surface area (TPSA) is 35.6 Å². The molecule has 1 N–H and O–H groups in total. The average Bonchev–Trinajstić information content (AvgIpc) is 2.88. The Bertz CT molecular complexity index is 579. The zero-order chi connectivity index (χ0) is 16.9. The lowest BCUT2D eigenvalue weighted by Crippen LogP contribution is -2.43. The van der Waals surface area contributed by atoms with Gasteiger partial charge in [-0.25, -0.2) is 13.6 Å². The molecule has 132 valence electrons. The van der Waals surface area contributed by atoms with Gasteiger partial charge in [-0.15, -0.1) is 0 Å². The molecule has 2 aliphatic rings. The summed E-state index contributed by atoms with van der Waals surface area (Å²) in [6.45, 7) is 3.81. The van der Waals surface area contributed by atoms with Gasteiger partial charge in [0, 0.05) is 50.2 Å². The summed E-state index contributed by atoms with van der Waals surface area (Å²) in [5.41, 5.74) is 0.701. The van der Waals surface area contributed by atoms with Crippen molar-refractivity contribution in [3.8, 4) is 0 Å². The van der Waals surface area contributed by atoms with Crippen molar-refractivity contribution < 1.29 is 13.6 Å². The quantitative estimate of drug-likeness (QED) is 0.906. The van der Waals surface area contributed by atoms with Crippen LogP contribution in [0.4, 0.5) is 19.3 Å². The number of rotatable bonds is 3. The van der Waals surface area contributed by atoms with E-state index in [0.717, 1.165) is 56.6 Å². The van der Waals surface area contributed by atoms with Crippen molar-refractivity contribution in [3.63, 3.8) is 0 Å². The lowest BCUT2D eigenvalue weighted by Gasteiger charge is -2.22. The van der Waals surface area contributed by atoms with Crippen molar-refractivity contribution >= 4 is 23.5 Å². The number of thioether (sulfide) groups is 1. The summed E-state index contributed by atoms with van der Waals surface area (Å²) in [7, 11) is 0. The summed E-state index contributed by atoms with van der Waals surface area (Å²) < 4.78 is 26.4. The van der Waals surface area contributed by atoms with Crippen molar-refractivity contribution in [1.29, 1.82) is 0 Å². The van der Waals surface area contributed by atoms with Crippen molar-refractivity contribution in [2.24, 2.45) is 5.92 Å². The molecule has 1 atom stereocenters. The third kappa shape index (κ3) is 4.32. The summed E-state index contributed by atoms with van der Waals surface area (Å²) in [5.74, 6) is 0.820. The monoisotopic (exact) mass is 355 g/mol. The summed E-state index contributed by atoms with van der Waals surface area (Å²) in [6.07, 6.45) is 1.99. The van der Waals surface area contributed by atoms with Gasteiger partial charge in [-0.3, -0.25) is 0 Å². The normalized spacial score (nSPS) is 21.7. The number of carbonyl (C=O) groups is 1. The standard InChI is InChI=1S/C17H23F2N3OS/c18-15-3-2-14(10-16(15)19)22-6-4-13(12-22)11-20-17(23)21-5-1-8-24-9-7-21/h2-3,10,13H,1,4-9,11-12H2,(H,20,23). The van der Waals surface area contributed by atoms with E-state index in [1.807, 2.05) is 21.6 Å². The molecule has 0 spiro atoms. The van der Waals surface area contributed by atoms with Gasteiger partial charge in [-0.1, -0.05) is 0 Å². The molecule has 1 aromatic carbocycles. The summed E-state index contributed by atoms with van der Waals surface area (Å²) in [6, 6.07) is 4.03. The summed E-state index contributed by atoms with van der Waals surface area (Å²) in [4.78, 5) is 16.2. The van der Waals surface area contributed by atoms with Gasteiger partial charge in [0.2, 0.25) is 0 Å². The van der Waals surface area contributed by atoms with Crippen molar-refractivity contribution in [2.75, 3.05) is 49.1 Å². The Morgan fingerprint density at radius 1 is 1.21 bits per heavy atom. The first-order valence-corrected chi connectivity index (χ1v) is 9.59. The van der Waals surface area contributed by atoms with Gasteiger partial charge >= 0.3 is 6.03 Å². The fourth-order valence-corrected chi connectivity index (χ4v) is 4.09. The van der Waals surface area contributed by atoms with Crippen LogP contribution >= 0.6 is 11.8 Å². The molecule has 0 aliphatic carbocycles. The van der Waals surface area contributed by atoms with Crippen LogP contribution in [-0.2, 0) is 0 Å². The highest BCUT2D eigenvalue weighted by Crippen LogP contribution is 2.25. The molecule has 1 aromatic rings. The molecule has 0 radical (unpaired) electrons. The molecular weight excluding hydrogens is 332 g/mol. The number of anilines is 1. The van der Waals surface area contributed by atoms with Crippen LogP contribution in [0.3, 0.4) is 0 Å². The van der Waals surface area contributed by atoms with Crippen molar-refractivity contribution in [1.82, 2.24) is 10.2 Å². The van der Waals surface area contributed by atoms with E-state index >= 15 is 0 Å². The Balaban J connectivity index is 1.47. The second-order valence-electron chi connectivity index (χ2n) is 6.34. The predicted molar refractivity (Wildman–Crippen MR) is 93.6 cm³/mol. The van der Waals surface area contributed by atoms with Gasteiger partial charge in [0.05, 0.1) is 0 Å². The molecule has 0 aromatic heterocycles. The number of carbonyl (C=O) groups excluding carboxylic acids is 1. The maximum atomic E-state index is 13.4. The highest BCUT2D eigenvalue weighted by atomic mass is 32.2. The SMILES string of the molecule is O=C(NCC1CCN(c2ccc(F)c(F)c2)C1)N1CCCSCC1. The fraction of sp³-hybridized carbons (Fsp3) is 0.588. The minimum atomic E-state index is -0.822. The highest BCUT2D eigenvalue weighted by molar-refractivity contribution is 7.99. The molecule has 0 saturated carbocycles. The molecule has 7 heteroatoms. The molecule has 3 rings (SSSR count). The number of amides is 2. The van der Waals surface area contributed by atoms with E-state index < -0.39 is 11.6 Å². The molecule has 1 unspecified atom stereocenters. The van der Waals surface area contributed by atoms with E-state index in [4.69, 9.17) is 0 Å². The molecule has 4 nitrogen and oxygen atoms in total. The number of urea groups is 1. The molecule has 2 amide bonds. The third-order valence-corrected chi connectivity index (χ3v) is 5.65. The zero-order valence-corrected chi connectivity index (χ0v) is 14.5. The number of hydrogen-bond acceptors (Lipinski definition) is 3. The molecule has 2 aliphatic heterocycles. The molecule has 2 saturated heterocycles.